The van der Waals surface area contributed by atoms with E-state index in [9.17, 15) is 19.5 Å². The van der Waals surface area contributed by atoms with Gasteiger partial charge < -0.3 is 29.7 Å². The predicted molar refractivity (Wildman–Crippen MR) is 110 cm³/mol. The van der Waals surface area contributed by atoms with Crippen molar-refractivity contribution in [3.8, 4) is 0 Å². The number of nitrogens with one attached hydrogen (secondary N) is 1. The number of anilines is 2. The highest BCUT2D eigenvalue weighted by Crippen LogP contribution is 2.33. The molecule has 2 aliphatic heterocycles. The Morgan fingerprint density at radius 2 is 1.80 bits per heavy atom. The number of rotatable bonds is 7. The maximum atomic E-state index is 12.9. The quantitative estimate of drug-likeness (QED) is 0.636. The van der Waals surface area contributed by atoms with E-state index in [1.807, 2.05) is 6.07 Å². The van der Waals surface area contributed by atoms with Crippen LogP contribution in [0.25, 0.3) is 0 Å². The minimum atomic E-state index is -0.616. The fraction of sp³-hybridized carbons (Fsp3) is 0.476. The molecule has 3 rings (SSSR count). The number of piperidine rings is 1. The first kappa shape index (κ1) is 21.6. The molecule has 0 aromatic heterocycles. The minimum Gasteiger partial charge on any atom is -0.466 e. The zero-order chi connectivity index (χ0) is 21.7. The minimum absolute atomic E-state index is 0.0458. The Balaban J connectivity index is 2.02. The molecule has 0 saturated carbocycles. The fourth-order valence-corrected chi connectivity index (χ4v) is 3.78. The van der Waals surface area contributed by atoms with Crippen LogP contribution < -0.4 is 10.2 Å². The summed E-state index contributed by atoms with van der Waals surface area (Å²) in [5.74, 6) is -1.52. The van der Waals surface area contributed by atoms with Gasteiger partial charge in [0.05, 0.1) is 49.9 Å². The first-order valence-corrected chi connectivity index (χ1v) is 9.96. The zero-order valence-corrected chi connectivity index (χ0v) is 17.3. The lowest BCUT2D eigenvalue weighted by Crippen LogP contribution is -2.32. The topological polar surface area (TPSA) is 108 Å². The molecule has 0 radical (unpaired) electrons. The summed E-state index contributed by atoms with van der Waals surface area (Å²) in [6.07, 6.45) is 3.26. The molecule has 0 unspecified atom stereocenters. The summed E-state index contributed by atoms with van der Waals surface area (Å²) in [5.41, 5.74) is 1.99. The van der Waals surface area contributed by atoms with Crippen LogP contribution in [-0.4, -0.2) is 74.9 Å². The van der Waals surface area contributed by atoms with Crippen LogP contribution in [0, 0.1) is 0 Å². The van der Waals surface area contributed by atoms with Crippen molar-refractivity contribution in [3.63, 3.8) is 0 Å². The van der Waals surface area contributed by atoms with Gasteiger partial charge in [-0.1, -0.05) is 0 Å². The number of hydrogen-bond donors (Lipinski definition) is 2. The highest BCUT2D eigenvalue weighted by molar-refractivity contribution is 6.09. The molecule has 1 fully saturated rings. The number of amides is 1. The van der Waals surface area contributed by atoms with Gasteiger partial charge in [-0.2, -0.15) is 0 Å². The zero-order valence-electron chi connectivity index (χ0n) is 17.3. The Kier molecular flexibility index (Phi) is 6.94. The molecule has 2 heterocycles. The number of aliphatic hydroxyl groups is 1. The normalized spacial score (nSPS) is 16.7. The molecule has 30 heavy (non-hydrogen) atoms. The lowest BCUT2D eigenvalue weighted by molar-refractivity contribution is -0.136. The lowest BCUT2D eigenvalue weighted by atomic mass is 10.1. The summed E-state index contributed by atoms with van der Waals surface area (Å²) >= 11 is 0. The van der Waals surface area contributed by atoms with Crippen LogP contribution in [0.3, 0.4) is 0 Å². The number of carbonyl (C=O) groups excluding carboxylic acids is 3. The van der Waals surface area contributed by atoms with Crippen molar-refractivity contribution in [3.05, 3.63) is 35.0 Å². The molecular formula is C21H27N3O6. The van der Waals surface area contributed by atoms with Crippen LogP contribution in [0.5, 0.6) is 0 Å². The molecule has 1 amide bonds. The van der Waals surface area contributed by atoms with Gasteiger partial charge in [-0.05, 0) is 37.5 Å². The van der Waals surface area contributed by atoms with Gasteiger partial charge in [0.2, 0.25) is 0 Å². The van der Waals surface area contributed by atoms with Crippen molar-refractivity contribution in [1.29, 1.82) is 0 Å². The Hall–Kier alpha value is -3.07. The Morgan fingerprint density at radius 1 is 1.10 bits per heavy atom. The molecule has 0 spiro atoms. The molecule has 1 aromatic carbocycles. The summed E-state index contributed by atoms with van der Waals surface area (Å²) in [6.45, 7) is 1.65. The van der Waals surface area contributed by atoms with Crippen molar-refractivity contribution in [2.24, 2.45) is 0 Å². The predicted octanol–water partition coefficient (Wildman–Crippen LogP) is 1.14. The average molecular weight is 417 g/mol. The second-order valence-corrected chi connectivity index (χ2v) is 7.19. The summed E-state index contributed by atoms with van der Waals surface area (Å²) in [6, 6.07) is 5.13. The van der Waals surface area contributed by atoms with Crippen molar-refractivity contribution in [2.75, 3.05) is 57.2 Å². The van der Waals surface area contributed by atoms with Crippen LogP contribution >= 0.6 is 0 Å². The van der Waals surface area contributed by atoms with E-state index in [1.54, 1.807) is 12.1 Å². The number of esters is 2. The number of carbonyl (C=O) groups is 3. The van der Waals surface area contributed by atoms with Gasteiger partial charge in [0.1, 0.15) is 5.70 Å². The van der Waals surface area contributed by atoms with Crippen molar-refractivity contribution < 1.29 is 29.0 Å². The van der Waals surface area contributed by atoms with Crippen molar-refractivity contribution >= 4 is 29.2 Å². The van der Waals surface area contributed by atoms with Crippen LogP contribution in [0.15, 0.2) is 29.5 Å². The van der Waals surface area contributed by atoms with Gasteiger partial charge in [-0.15, -0.1) is 0 Å². The van der Waals surface area contributed by atoms with Crippen LogP contribution in [0.4, 0.5) is 11.4 Å². The molecule has 1 aromatic rings. The first-order chi connectivity index (χ1) is 14.5. The first-order valence-electron chi connectivity index (χ1n) is 9.96. The van der Waals surface area contributed by atoms with E-state index in [2.05, 4.69) is 10.2 Å². The highest BCUT2D eigenvalue weighted by Gasteiger charge is 2.35. The standard InChI is InChI=1S/C21H27N3O6/c1-29-20(27)14-6-7-17(23-8-4-3-5-9-23)16(12-14)22-18-15(21(28)30-2)13-24(10-11-25)19(18)26/h6-7,12,22,25H,3-5,8-11,13H2,1-2H3. The van der Waals surface area contributed by atoms with Gasteiger partial charge in [-0.3, -0.25) is 4.79 Å². The average Bonchev–Trinajstić information content (AvgIpc) is 3.08. The summed E-state index contributed by atoms with van der Waals surface area (Å²) in [7, 11) is 2.56. The summed E-state index contributed by atoms with van der Waals surface area (Å²) < 4.78 is 9.66. The summed E-state index contributed by atoms with van der Waals surface area (Å²) in [4.78, 5) is 40.8. The molecule has 9 nitrogen and oxygen atoms in total. The second-order valence-electron chi connectivity index (χ2n) is 7.19. The molecule has 2 N–H and O–H groups in total. The Labute approximate surface area is 175 Å². The van der Waals surface area contributed by atoms with Crippen LogP contribution in [0.1, 0.15) is 29.6 Å². The van der Waals surface area contributed by atoms with E-state index >= 15 is 0 Å². The van der Waals surface area contributed by atoms with Gasteiger partial charge in [0.25, 0.3) is 5.91 Å². The van der Waals surface area contributed by atoms with E-state index in [1.165, 1.54) is 19.1 Å². The van der Waals surface area contributed by atoms with E-state index < -0.39 is 17.8 Å². The molecule has 162 valence electrons. The van der Waals surface area contributed by atoms with Gasteiger partial charge in [-0.25, -0.2) is 9.59 Å². The maximum Gasteiger partial charge on any atom is 0.337 e. The van der Waals surface area contributed by atoms with Crippen LogP contribution in [-0.2, 0) is 19.1 Å². The molecule has 0 aliphatic carbocycles. The number of β-amino-alcohol motifs (C(OH)–C–C–N with tert-alkyl or cyclic N) is 1. The summed E-state index contributed by atoms with van der Waals surface area (Å²) in [5, 5.41) is 12.3. The molecule has 1 saturated heterocycles. The second kappa shape index (κ2) is 9.62. The number of nitrogens with zero attached hydrogens (tertiary/aromatic N) is 2. The third kappa shape index (κ3) is 4.40. The van der Waals surface area contributed by atoms with Crippen molar-refractivity contribution in [2.45, 2.75) is 19.3 Å². The number of methoxy groups -OCH3 is 2. The van der Waals surface area contributed by atoms with Crippen molar-refractivity contribution in [1.82, 2.24) is 4.90 Å². The van der Waals surface area contributed by atoms with E-state index in [-0.39, 0.29) is 31.0 Å². The number of aliphatic hydroxyl groups excluding tert-OH is 1. The largest absolute Gasteiger partial charge is 0.466 e. The number of ether oxygens (including phenoxy) is 2. The Bertz CT molecular complexity index is 860. The molecule has 0 atom stereocenters. The smallest absolute Gasteiger partial charge is 0.337 e. The monoisotopic (exact) mass is 417 g/mol. The third-order valence-electron chi connectivity index (χ3n) is 5.33. The molecule has 0 bridgehead atoms. The number of hydrogen-bond acceptors (Lipinski definition) is 8. The lowest BCUT2D eigenvalue weighted by Gasteiger charge is -2.31. The van der Waals surface area contributed by atoms with E-state index in [0.717, 1.165) is 38.0 Å². The van der Waals surface area contributed by atoms with Gasteiger partial charge in [0, 0.05) is 19.6 Å². The molecule has 2 aliphatic rings. The number of benzene rings is 1. The highest BCUT2D eigenvalue weighted by atomic mass is 16.5. The van der Waals surface area contributed by atoms with E-state index in [4.69, 9.17) is 9.47 Å². The van der Waals surface area contributed by atoms with E-state index in [0.29, 0.717) is 11.3 Å². The maximum absolute atomic E-state index is 12.9. The molecule has 9 heteroatoms. The third-order valence-corrected chi connectivity index (χ3v) is 5.33. The van der Waals surface area contributed by atoms with Crippen LogP contribution in [0.2, 0.25) is 0 Å². The SMILES string of the molecule is COC(=O)C1=C(Nc2cc(C(=O)OC)ccc2N2CCCCC2)C(=O)N(CCO)C1. The van der Waals surface area contributed by atoms with Gasteiger partial charge in [0.15, 0.2) is 0 Å². The fourth-order valence-electron chi connectivity index (χ4n) is 3.78. The van der Waals surface area contributed by atoms with Gasteiger partial charge >= 0.3 is 11.9 Å². The molecular weight excluding hydrogens is 390 g/mol. The Morgan fingerprint density at radius 3 is 2.43 bits per heavy atom.